The fraction of sp³-hybridized carbons (Fsp3) is 0.138. The van der Waals surface area contributed by atoms with Crippen LogP contribution in [0.5, 0.6) is 0 Å². The van der Waals surface area contributed by atoms with Gasteiger partial charge in [0.2, 0.25) is 0 Å². The van der Waals surface area contributed by atoms with Gasteiger partial charge in [0.25, 0.3) is 21.3 Å². The molecule has 6 rings (SSSR count). The van der Waals surface area contributed by atoms with Crippen LogP contribution in [0.4, 0.5) is 5.69 Å². The lowest BCUT2D eigenvalue weighted by Crippen LogP contribution is -2.39. The molecule has 4 heterocycles. The summed E-state index contributed by atoms with van der Waals surface area (Å²) in [5.41, 5.74) is 0.771. The van der Waals surface area contributed by atoms with Gasteiger partial charge >= 0.3 is 5.97 Å². The van der Waals surface area contributed by atoms with E-state index in [4.69, 9.17) is 4.74 Å². The van der Waals surface area contributed by atoms with E-state index >= 15 is 0 Å². The molecular weight excluding hydrogens is 613 g/mol. The molecule has 0 saturated carbocycles. The number of hydrogen-bond donors (Lipinski definition) is 0. The number of nitro benzene ring substituents is 1. The first-order chi connectivity index (χ1) is 20.6. The Morgan fingerprint density at radius 1 is 1.16 bits per heavy atom. The first-order valence-corrected chi connectivity index (χ1v) is 16.1. The molecule has 43 heavy (non-hydrogen) atoms. The highest BCUT2D eigenvalue weighted by atomic mass is 32.2. The second kappa shape index (κ2) is 10.9. The molecule has 0 unspecified atom stereocenters. The highest BCUT2D eigenvalue weighted by Crippen LogP contribution is 2.33. The number of nitrogens with zero attached hydrogens (tertiary/aromatic N) is 4. The number of thiazole rings is 1. The van der Waals surface area contributed by atoms with E-state index in [2.05, 4.69) is 4.99 Å². The summed E-state index contributed by atoms with van der Waals surface area (Å²) in [5.74, 6) is -0.550. The third-order valence-electron chi connectivity index (χ3n) is 6.91. The van der Waals surface area contributed by atoms with Crippen molar-refractivity contribution >= 4 is 61.3 Å². The summed E-state index contributed by atoms with van der Waals surface area (Å²) in [6.07, 6.45) is 2.99. The lowest BCUT2D eigenvalue weighted by molar-refractivity contribution is -0.385. The Morgan fingerprint density at radius 2 is 1.95 bits per heavy atom. The third-order valence-corrected chi connectivity index (χ3v) is 10.5. The van der Waals surface area contributed by atoms with E-state index < -0.39 is 32.5 Å². The van der Waals surface area contributed by atoms with Crippen molar-refractivity contribution in [2.45, 2.75) is 24.8 Å². The van der Waals surface area contributed by atoms with Crippen LogP contribution in [-0.4, -0.2) is 34.5 Å². The van der Waals surface area contributed by atoms with Gasteiger partial charge in [-0.05, 0) is 43.5 Å². The van der Waals surface area contributed by atoms with Gasteiger partial charge in [-0.2, -0.15) is 0 Å². The molecule has 0 aliphatic carbocycles. The quantitative estimate of drug-likeness (QED) is 0.150. The zero-order chi connectivity index (χ0) is 30.5. The number of carbonyl (C=O) groups is 1. The van der Waals surface area contributed by atoms with E-state index in [1.54, 1.807) is 44.2 Å². The Morgan fingerprint density at radius 3 is 2.67 bits per heavy atom. The minimum atomic E-state index is -4.24. The number of allylic oxidation sites excluding steroid dienone is 1. The van der Waals surface area contributed by atoms with Gasteiger partial charge in [0, 0.05) is 34.2 Å². The number of ether oxygens (including phenoxy) is 1. The normalized spacial score (nSPS) is 15.4. The maximum atomic E-state index is 13.9. The van der Waals surface area contributed by atoms with Gasteiger partial charge in [0.1, 0.15) is 6.04 Å². The van der Waals surface area contributed by atoms with Crippen molar-refractivity contribution in [3.8, 4) is 0 Å². The number of thiophene rings is 1. The number of nitro groups is 1. The van der Waals surface area contributed by atoms with Crippen LogP contribution in [0, 0.1) is 10.1 Å². The van der Waals surface area contributed by atoms with Crippen molar-refractivity contribution < 1.29 is 22.9 Å². The molecule has 0 amide bonds. The van der Waals surface area contributed by atoms with E-state index in [1.165, 1.54) is 40.3 Å². The molecule has 1 aliphatic heterocycles. The molecule has 14 heteroatoms. The molecule has 3 aromatic heterocycles. The van der Waals surface area contributed by atoms with Gasteiger partial charge < -0.3 is 4.74 Å². The molecule has 0 N–H and O–H groups in total. The Balaban J connectivity index is 1.54. The van der Waals surface area contributed by atoms with E-state index in [9.17, 15) is 28.1 Å². The second-order valence-corrected chi connectivity index (χ2v) is 13.3. The standard InChI is InChI=1S/C29H22N4O7S3/c1-3-40-28(35)25-17(2)30-29-32(26(25)23-12-7-13-41-23)27(34)24(42-29)14-18-16-31(22-11-5-4-10-21(18)22)43(38,39)20-9-6-8-19(15-20)33(36)37/h4-16,26H,3H2,1-2H3/b24-14-/t26-/m0/s1. The average Bonchev–Trinajstić information content (AvgIpc) is 3.72. The lowest BCUT2D eigenvalue weighted by Gasteiger charge is -2.23. The average molecular weight is 635 g/mol. The molecule has 11 nitrogen and oxygen atoms in total. The number of rotatable bonds is 7. The maximum Gasteiger partial charge on any atom is 0.338 e. The van der Waals surface area contributed by atoms with Crippen LogP contribution in [0.25, 0.3) is 17.0 Å². The maximum absolute atomic E-state index is 13.9. The summed E-state index contributed by atoms with van der Waals surface area (Å²) in [4.78, 5) is 43.1. The highest BCUT2D eigenvalue weighted by Gasteiger charge is 2.34. The molecule has 2 aromatic carbocycles. The Hall–Kier alpha value is -4.66. The number of aromatic nitrogens is 2. The van der Waals surface area contributed by atoms with E-state index in [1.807, 2.05) is 17.5 Å². The molecular formula is C29H22N4O7S3. The van der Waals surface area contributed by atoms with Crippen molar-refractivity contribution in [2.24, 2.45) is 4.99 Å². The number of carbonyl (C=O) groups excluding carboxylic acids is 1. The summed E-state index contributed by atoms with van der Waals surface area (Å²) in [6.45, 7) is 3.58. The van der Waals surface area contributed by atoms with Crippen LogP contribution in [0.3, 0.4) is 0 Å². The van der Waals surface area contributed by atoms with Crippen molar-refractivity contribution in [3.05, 3.63) is 124 Å². The zero-order valence-electron chi connectivity index (χ0n) is 22.7. The molecule has 0 radical (unpaired) electrons. The van der Waals surface area contributed by atoms with Gasteiger partial charge in [0.05, 0.1) is 37.7 Å². The molecule has 218 valence electrons. The van der Waals surface area contributed by atoms with Crippen LogP contribution in [0.15, 0.2) is 98.2 Å². The molecule has 0 spiro atoms. The number of fused-ring (bicyclic) bond motifs is 2. The topological polar surface area (TPSA) is 143 Å². The highest BCUT2D eigenvalue weighted by molar-refractivity contribution is 7.90. The molecule has 0 saturated heterocycles. The minimum absolute atomic E-state index is 0.167. The predicted octanol–water partition coefficient (Wildman–Crippen LogP) is 3.96. The van der Waals surface area contributed by atoms with Crippen LogP contribution >= 0.6 is 22.7 Å². The number of hydrogen-bond acceptors (Lipinski definition) is 10. The van der Waals surface area contributed by atoms with Crippen LogP contribution in [-0.2, 0) is 19.6 Å². The fourth-order valence-corrected chi connectivity index (χ4v) is 8.29. The monoisotopic (exact) mass is 634 g/mol. The van der Waals surface area contributed by atoms with Gasteiger partial charge in [-0.1, -0.05) is 41.7 Å². The lowest BCUT2D eigenvalue weighted by atomic mass is 10.0. The number of esters is 1. The Bertz CT molecular complexity index is 2260. The van der Waals surface area contributed by atoms with Gasteiger partial charge in [-0.25, -0.2) is 22.2 Å². The van der Waals surface area contributed by atoms with E-state index in [0.717, 1.165) is 26.3 Å². The molecule has 0 fully saturated rings. The number of non-ortho nitro benzene ring substituents is 1. The summed E-state index contributed by atoms with van der Waals surface area (Å²) < 4.78 is 35.5. The van der Waals surface area contributed by atoms with E-state index in [-0.39, 0.29) is 27.3 Å². The molecule has 5 aromatic rings. The van der Waals surface area contributed by atoms with Crippen molar-refractivity contribution in [2.75, 3.05) is 6.61 Å². The first-order valence-electron chi connectivity index (χ1n) is 12.9. The summed E-state index contributed by atoms with van der Waals surface area (Å²) >= 11 is 2.53. The minimum Gasteiger partial charge on any atom is -0.463 e. The van der Waals surface area contributed by atoms with Gasteiger partial charge in [-0.15, -0.1) is 11.3 Å². The largest absolute Gasteiger partial charge is 0.463 e. The molecule has 1 aliphatic rings. The van der Waals surface area contributed by atoms with Crippen molar-refractivity contribution in [1.82, 2.24) is 8.54 Å². The summed E-state index contributed by atoms with van der Waals surface area (Å²) in [6, 6.07) is 14.6. The third kappa shape index (κ3) is 4.82. The van der Waals surface area contributed by atoms with Crippen LogP contribution in [0.1, 0.15) is 30.3 Å². The Labute approximate surface area is 252 Å². The number of para-hydroxylation sites is 1. The van der Waals surface area contributed by atoms with Crippen LogP contribution in [0.2, 0.25) is 0 Å². The summed E-state index contributed by atoms with van der Waals surface area (Å²) in [5, 5.41) is 13.7. The zero-order valence-corrected chi connectivity index (χ0v) is 25.1. The smallest absolute Gasteiger partial charge is 0.338 e. The van der Waals surface area contributed by atoms with Crippen LogP contribution < -0.4 is 14.9 Å². The fourth-order valence-electron chi connectivity index (χ4n) is 5.01. The molecule has 0 bridgehead atoms. The van der Waals surface area contributed by atoms with Gasteiger partial charge in [0.15, 0.2) is 4.80 Å². The van der Waals surface area contributed by atoms with Crippen molar-refractivity contribution in [3.63, 3.8) is 0 Å². The first kappa shape index (κ1) is 28.5. The van der Waals surface area contributed by atoms with E-state index in [0.29, 0.717) is 27.0 Å². The van der Waals surface area contributed by atoms with Crippen molar-refractivity contribution in [1.29, 1.82) is 0 Å². The van der Waals surface area contributed by atoms with Gasteiger partial charge in [-0.3, -0.25) is 19.5 Å². The molecule has 1 atom stereocenters. The SMILES string of the molecule is CCOC(=O)C1=C(C)N=c2s/c(=C\c3cn(S(=O)(=O)c4cccc([N+](=O)[O-])c4)c4ccccc34)c(=O)n2[C@H]1c1cccs1. The predicted molar refractivity (Wildman–Crippen MR) is 162 cm³/mol. The summed E-state index contributed by atoms with van der Waals surface area (Å²) in [7, 11) is -4.24. The second-order valence-electron chi connectivity index (χ2n) is 9.47. The Kier molecular flexibility index (Phi) is 7.20. The number of benzene rings is 2.